The summed E-state index contributed by atoms with van der Waals surface area (Å²) in [4.78, 5) is 16.4. The third-order valence-corrected chi connectivity index (χ3v) is 2.96. The van der Waals surface area contributed by atoms with Crippen molar-refractivity contribution in [2.45, 2.75) is 46.1 Å². The van der Waals surface area contributed by atoms with Crippen LogP contribution in [0.4, 0.5) is 5.69 Å². The Morgan fingerprint density at radius 1 is 1.30 bits per heavy atom. The van der Waals surface area contributed by atoms with Crippen LogP contribution in [0.2, 0.25) is 0 Å². The van der Waals surface area contributed by atoms with E-state index in [4.69, 9.17) is 9.47 Å². The standard InChI is InChI=1S/C15H24N2O3/c1-5-10-15(4,20-7-3)14(18)17-12-8-9-13(16-11-12)19-6-2/h8-9,11H,5-7,10H2,1-4H3,(H,17,18)/t15-/m1/s1. The van der Waals surface area contributed by atoms with Gasteiger partial charge in [0, 0.05) is 12.7 Å². The Morgan fingerprint density at radius 2 is 2.05 bits per heavy atom. The van der Waals surface area contributed by atoms with E-state index in [1.807, 2.05) is 27.7 Å². The van der Waals surface area contributed by atoms with E-state index in [2.05, 4.69) is 10.3 Å². The molecule has 0 saturated heterocycles. The number of aromatic nitrogens is 1. The average Bonchev–Trinajstić information content (AvgIpc) is 2.42. The summed E-state index contributed by atoms with van der Waals surface area (Å²) in [6.07, 6.45) is 3.14. The molecule has 1 atom stereocenters. The second kappa shape index (κ2) is 7.85. The van der Waals surface area contributed by atoms with E-state index in [9.17, 15) is 4.79 Å². The fraction of sp³-hybridized carbons (Fsp3) is 0.600. The van der Waals surface area contributed by atoms with Crippen molar-refractivity contribution in [1.82, 2.24) is 4.98 Å². The highest BCUT2D eigenvalue weighted by Crippen LogP contribution is 2.21. The molecule has 112 valence electrons. The maximum Gasteiger partial charge on any atom is 0.256 e. The first kappa shape index (κ1) is 16.4. The van der Waals surface area contributed by atoms with Crippen LogP contribution in [0.1, 0.15) is 40.5 Å². The molecule has 0 bridgehead atoms. The highest BCUT2D eigenvalue weighted by atomic mass is 16.5. The van der Waals surface area contributed by atoms with Gasteiger partial charge in [0.05, 0.1) is 18.5 Å². The van der Waals surface area contributed by atoms with Crippen LogP contribution in [-0.4, -0.2) is 29.7 Å². The number of nitrogens with one attached hydrogen (secondary N) is 1. The summed E-state index contributed by atoms with van der Waals surface area (Å²) in [5.41, 5.74) is -0.164. The first-order chi connectivity index (χ1) is 9.55. The summed E-state index contributed by atoms with van der Waals surface area (Å²) < 4.78 is 10.9. The molecule has 0 fully saturated rings. The van der Waals surface area contributed by atoms with Crippen molar-refractivity contribution in [2.24, 2.45) is 0 Å². The van der Waals surface area contributed by atoms with Crippen molar-refractivity contribution in [3.05, 3.63) is 18.3 Å². The first-order valence-electron chi connectivity index (χ1n) is 7.10. The van der Waals surface area contributed by atoms with Crippen LogP contribution in [0.3, 0.4) is 0 Å². The van der Waals surface area contributed by atoms with E-state index < -0.39 is 5.60 Å². The van der Waals surface area contributed by atoms with Gasteiger partial charge >= 0.3 is 0 Å². The molecule has 20 heavy (non-hydrogen) atoms. The lowest BCUT2D eigenvalue weighted by molar-refractivity contribution is -0.139. The van der Waals surface area contributed by atoms with Gasteiger partial charge in [-0.2, -0.15) is 0 Å². The lowest BCUT2D eigenvalue weighted by Gasteiger charge is -2.27. The molecule has 5 heteroatoms. The van der Waals surface area contributed by atoms with Gasteiger partial charge in [0.15, 0.2) is 0 Å². The molecule has 0 unspecified atom stereocenters. The monoisotopic (exact) mass is 280 g/mol. The van der Waals surface area contributed by atoms with Crippen LogP contribution in [0, 0.1) is 0 Å². The number of amides is 1. The number of nitrogens with zero attached hydrogens (tertiary/aromatic N) is 1. The minimum absolute atomic E-state index is 0.146. The third kappa shape index (κ3) is 4.49. The Balaban J connectivity index is 2.72. The minimum atomic E-state index is -0.803. The molecule has 5 nitrogen and oxygen atoms in total. The number of ether oxygens (including phenoxy) is 2. The summed E-state index contributed by atoms with van der Waals surface area (Å²) >= 11 is 0. The lowest BCUT2D eigenvalue weighted by Crippen LogP contribution is -2.42. The van der Waals surface area contributed by atoms with Gasteiger partial charge < -0.3 is 14.8 Å². The van der Waals surface area contributed by atoms with Gasteiger partial charge in [0.1, 0.15) is 5.60 Å². The normalized spacial score (nSPS) is 13.6. The Hall–Kier alpha value is -1.62. The maximum atomic E-state index is 12.3. The van der Waals surface area contributed by atoms with Gasteiger partial charge in [-0.25, -0.2) is 4.98 Å². The molecular formula is C15H24N2O3. The van der Waals surface area contributed by atoms with E-state index >= 15 is 0 Å². The van der Waals surface area contributed by atoms with Crippen molar-refractivity contribution < 1.29 is 14.3 Å². The Bertz CT molecular complexity index is 412. The van der Waals surface area contributed by atoms with E-state index in [1.54, 1.807) is 18.3 Å². The van der Waals surface area contributed by atoms with Crippen LogP contribution in [0.25, 0.3) is 0 Å². The topological polar surface area (TPSA) is 60.5 Å². The second-order valence-corrected chi connectivity index (χ2v) is 4.69. The second-order valence-electron chi connectivity index (χ2n) is 4.69. The zero-order valence-corrected chi connectivity index (χ0v) is 12.7. The summed E-state index contributed by atoms with van der Waals surface area (Å²) in [5, 5.41) is 2.84. The molecular weight excluding hydrogens is 256 g/mol. The van der Waals surface area contributed by atoms with Crippen molar-refractivity contribution in [1.29, 1.82) is 0 Å². The number of carbonyl (C=O) groups excluding carboxylic acids is 1. The molecule has 0 aliphatic carbocycles. The molecule has 0 radical (unpaired) electrons. The fourth-order valence-corrected chi connectivity index (χ4v) is 2.00. The summed E-state index contributed by atoms with van der Waals surface area (Å²) in [6.45, 7) is 8.71. The third-order valence-electron chi connectivity index (χ3n) is 2.96. The smallest absolute Gasteiger partial charge is 0.256 e. The molecule has 0 saturated carbocycles. The minimum Gasteiger partial charge on any atom is -0.478 e. The zero-order valence-electron chi connectivity index (χ0n) is 12.7. The Labute approximate surface area is 120 Å². The quantitative estimate of drug-likeness (QED) is 0.795. The van der Waals surface area contributed by atoms with Gasteiger partial charge in [-0.1, -0.05) is 13.3 Å². The highest BCUT2D eigenvalue weighted by molar-refractivity contribution is 5.96. The van der Waals surface area contributed by atoms with E-state index in [0.717, 1.165) is 6.42 Å². The zero-order chi connectivity index (χ0) is 15.0. The number of hydrogen-bond acceptors (Lipinski definition) is 4. The van der Waals surface area contributed by atoms with E-state index in [0.29, 0.717) is 31.2 Å². The summed E-state index contributed by atoms with van der Waals surface area (Å²) in [5.74, 6) is 0.402. The molecule has 0 aromatic carbocycles. The highest BCUT2D eigenvalue weighted by Gasteiger charge is 2.32. The van der Waals surface area contributed by atoms with E-state index in [1.165, 1.54) is 0 Å². The number of pyridine rings is 1. The predicted octanol–water partition coefficient (Wildman–Crippen LogP) is 3.01. The lowest BCUT2D eigenvalue weighted by atomic mass is 9.99. The van der Waals surface area contributed by atoms with Crippen molar-refractivity contribution in [2.75, 3.05) is 18.5 Å². The molecule has 1 aromatic rings. The summed E-state index contributed by atoms with van der Waals surface area (Å²) in [6, 6.07) is 3.51. The van der Waals surface area contributed by atoms with Crippen LogP contribution in [0.5, 0.6) is 5.88 Å². The van der Waals surface area contributed by atoms with Crippen molar-refractivity contribution >= 4 is 11.6 Å². The summed E-state index contributed by atoms with van der Waals surface area (Å²) in [7, 11) is 0. The first-order valence-corrected chi connectivity index (χ1v) is 7.10. The average molecular weight is 280 g/mol. The number of anilines is 1. The molecule has 1 N–H and O–H groups in total. The van der Waals surface area contributed by atoms with Gasteiger partial charge in [-0.05, 0) is 33.3 Å². The molecule has 0 aliphatic rings. The number of rotatable bonds is 8. The molecule has 1 rings (SSSR count). The van der Waals surface area contributed by atoms with Gasteiger partial charge in [0.25, 0.3) is 5.91 Å². The van der Waals surface area contributed by atoms with Gasteiger partial charge in [-0.3, -0.25) is 4.79 Å². The van der Waals surface area contributed by atoms with Gasteiger partial charge in [0.2, 0.25) is 5.88 Å². The van der Waals surface area contributed by atoms with Gasteiger partial charge in [-0.15, -0.1) is 0 Å². The Kier molecular flexibility index (Phi) is 6.45. The molecule has 1 heterocycles. The fourth-order valence-electron chi connectivity index (χ4n) is 2.00. The van der Waals surface area contributed by atoms with Crippen LogP contribution in [0.15, 0.2) is 18.3 Å². The number of hydrogen-bond donors (Lipinski definition) is 1. The predicted molar refractivity (Wildman–Crippen MR) is 79.0 cm³/mol. The van der Waals surface area contributed by atoms with Crippen molar-refractivity contribution in [3.8, 4) is 5.88 Å². The van der Waals surface area contributed by atoms with E-state index in [-0.39, 0.29) is 5.91 Å². The molecule has 1 amide bonds. The van der Waals surface area contributed by atoms with Crippen molar-refractivity contribution in [3.63, 3.8) is 0 Å². The van der Waals surface area contributed by atoms with Crippen LogP contribution in [-0.2, 0) is 9.53 Å². The van der Waals surface area contributed by atoms with Crippen LogP contribution < -0.4 is 10.1 Å². The molecule has 1 aromatic heterocycles. The molecule has 0 spiro atoms. The Morgan fingerprint density at radius 3 is 2.55 bits per heavy atom. The SMILES string of the molecule is CCC[C@@](C)(OCC)C(=O)Nc1ccc(OCC)nc1. The number of carbonyl (C=O) groups is 1. The van der Waals surface area contributed by atoms with Crippen LogP contribution >= 0.6 is 0 Å². The maximum absolute atomic E-state index is 12.3. The molecule has 0 aliphatic heterocycles. The largest absolute Gasteiger partial charge is 0.478 e.